The summed E-state index contributed by atoms with van der Waals surface area (Å²) in [4.78, 5) is 33.7. The predicted molar refractivity (Wildman–Crippen MR) is 99.7 cm³/mol. The van der Waals surface area contributed by atoms with Crippen molar-refractivity contribution >= 4 is 29.4 Å². The molecule has 0 spiro atoms. The zero-order valence-electron chi connectivity index (χ0n) is 14.5. The van der Waals surface area contributed by atoms with E-state index in [4.69, 9.17) is 4.74 Å². The number of hydrogen-bond acceptors (Lipinski definition) is 6. The number of amides is 2. The molecule has 0 aliphatic heterocycles. The van der Waals surface area contributed by atoms with Crippen molar-refractivity contribution in [2.45, 2.75) is 12.8 Å². The van der Waals surface area contributed by atoms with E-state index in [0.29, 0.717) is 17.0 Å². The van der Waals surface area contributed by atoms with E-state index >= 15 is 0 Å². The number of ether oxygens (including phenoxy) is 1. The van der Waals surface area contributed by atoms with Crippen molar-refractivity contribution in [3.8, 4) is 5.75 Å². The molecule has 0 atom stereocenters. The van der Waals surface area contributed by atoms with Crippen molar-refractivity contribution in [2.75, 3.05) is 12.4 Å². The second kappa shape index (κ2) is 9.66. The van der Waals surface area contributed by atoms with Crippen LogP contribution < -0.4 is 15.5 Å². The number of carbonyl (C=O) groups is 2. The highest BCUT2D eigenvalue weighted by atomic mass is 16.6. The molecule has 140 valence electrons. The SMILES string of the molecule is COc1ccccc1NC(=O)CCC(=O)NN=Cc1ccc([N+](=O)[O-])cc1. The second-order valence-electron chi connectivity index (χ2n) is 5.39. The van der Waals surface area contributed by atoms with E-state index in [1.165, 1.54) is 37.6 Å². The number of nitro benzene ring substituents is 1. The lowest BCUT2D eigenvalue weighted by atomic mass is 10.2. The van der Waals surface area contributed by atoms with Crippen LogP contribution >= 0.6 is 0 Å². The molecular formula is C18H18N4O5. The normalized spacial score (nSPS) is 10.4. The molecule has 9 nitrogen and oxygen atoms in total. The van der Waals surface area contributed by atoms with Crippen molar-refractivity contribution in [3.63, 3.8) is 0 Å². The van der Waals surface area contributed by atoms with Gasteiger partial charge in [0, 0.05) is 25.0 Å². The molecule has 2 amide bonds. The zero-order valence-corrected chi connectivity index (χ0v) is 14.5. The molecular weight excluding hydrogens is 352 g/mol. The fourth-order valence-corrected chi connectivity index (χ4v) is 2.10. The molecule has 0 aromatic heterocycles. The zero-order chi connectivity index (χ0) is 19.6. The number of methoxy groups -OCH3 is 1. The molecule has 2 rings (SSSR count). The summed E-state index contributed by atoms with van der Waals surface area (Å²) in [6, 6.07) is 12.7. The van der Waals surface area contributed by atoms with Crippen LogP contribution in [0.1, 0.15) is 18.4 Å². The van der Waals surface area contributed by atoms with Gasteiger partial charge in [-0.15, -0.1) is 0 Å². The van der Waals surface area contributed by atoms with Crippen molar-refractivity contribution < 1.29 is 19.2 Å². The predicted octanol–water partition coefficient (Wildman–Crippen LogP) is 2.47. The third-order valence-corrected chi connectivity index (χ3v) is 3.47. The summed E-state index contributed by atoms with van der Waals surface area (Å²) >= 11 is 0. The Morgan fingerprint density at radius 3 is 2.44 bits per heavy atom. The van der Waals surface area contributed by atoms with Gasteiger partial charge in [0.05, 0.1) is 23.9 Å². The van der Waals surface area contributed by atoms with Gasteiger partial charge in [0.15, 0.2) is 0 Å². The summed E-state index contributed by atoms with van der Waals surface area (Å²) in [7, 11) is 1.50. The van der Waals surface area contributed by atoms with Gasteiger partial charge < -0.3 is 10.1 Å². The number of non-ortho nitro benzene ring substituents is 1. The van der Waals surface area contributed by atoms with Crippen LogP contribution in [0.5, 0.6) is 5.75 Å². The number of anilines is 1. The molecule has 0 unspecified atom stereocenters. The Labute approximate surface area is 155 Å². The quantitative estimate of drug-likeness (QED) is 0.420. The molecule has 0 bridgehead atoms. The highest BCUT2D eigenvalue weighted by Gasteiger charge is 2.09. The standard InChI is InChI=1S/C18H18N4O5/c1-27-16-5-3-2-4-15(16)20-17(23)10-11-18(24)21-19-12-13-6-8-14(9-7-13)22(25)26/h2-9,12H,10-11H2,1H3,(H,20,23)(H,21,24). The molecule has 2 N–H and O–H groups in total. The average molecular weight is 370 g/mol. The lowest BCUT2D eigenvalue weighted by Gasteiger charge is -2.09. The maximum Gasteiger partial charge on any atom is 0.269 e. The van der Waals surface area contributed by atoms with Gasteiger partial charge in [0.25, 0.3) is 5.69 Å². The van der Waals surface area contributed by atoms with Gasteiger partial charge in [-0.25, -0.2) is 5.43 Å². The Morgan fingerprint density at radius 1 is 1.11 bits per heavy atom. The van der Waals surface area contributed by atoms with Crippen LogP contribution in [0, 0.1) is 10.1 Å². The number of benzene rings is 2. The van der Waals surface area contributed by atoms with Gasteiger partial charge in [0.2, 0.25) is 11.8 Å². The Kier molecular flexibility index (Phi) is 7.00. The van der Waals surface area contributed by atoms with Crippen LogP contribution in [-0.4, -0.2) is 30.1 Å². The first-order valence-electron chi connectivity index (χ1n) is 7.99. The van der Waals surface area contributed by atoms with Crippen molar-refractivity contribution in [1.82, 2.24) is 5.43 Å². The van der Waals surface area contributed by atoms with Crippen LogP contribution in [0.3, 0.4) is 0 Å². The number of hydrogen-bond donors (Lipinski definition) is 2. The number of hydrazone groups is 1. The fraction of sp³-hybridized carbons (Fsp3) is 0.167. The van der Waals surface area contributed by atoms with Crippen LogP contribution in [0.2, 0.25) is 0 Å². The first-order valence-corrected chi connectivity index (χ1v) is 7.99. The summed E-state index contributed by atoms with van der Waals surface area (Å²) < 4.78 is 5.14. The van der Waals surface area contributed by atoms with E-state index in [1.807, 2.05) is 0 Å². The summed E-state index contributed by atoms with van der Waals surface area (Å²) in [5, 5.41) is 17.0. The largest absolute Gasteiger partial charge is 0.495 e. The smallest absolute Gasteiger partial charge is 0.269 e. The lowest BCUT2D eigenvalue weighted by molar-refractivity contribution is -0.384. The number of rotatable bonds is 8. The van der Waals surface area contributed by atoms with Crippen LogP contribution in [0.4, 0.5) is 11.4 Å². The Hall–Kier alpha value is -3.75. The molecule has 0 aliphatic rings. The highest BCUT2D eigenvalue weighted by Crippen LogP contribution is 2.23. The number of carbonyl (C=O) groups excluding carboxylic acids is 2. The first kappa shape index (κ1) is 19.6. The molecule has 9 heteroatoms. The molecule has 2 aromatic carbocycles. The summed E-state index contributed by atoms with van der Waals surface area (Å²) in [5.41, 5.74) is 3.39. The molecule has 0 saturated heterocycles. The lowest BCUT2D eigenvalue weighted by Crippen LogP contribution is -2.20. The number of nitrogens with zero attached hydrogens (tertiary/aromatic N) is 2. The second-order valence-corrected chi connectivity index (χ2v) is 5.39. The van der Waals surface area contributed by atoms with Crippen LogP contribution in [-0.2, 0) is 9.59 Å². The van der Waals surface area contributed by atoms with Gasteiger partial charge >= 0.3 is 0 Å². The Morgan fingerprint density at radius 2 is 1.78 bits per heavy atom. The van der Waals surface area contributed by atoms with E-state index in [9.17, 15) is 19.7 Å². The average Bonchev–Trinajstić information content (AvgIpc) is 2.67. The first-order chi connectivity index (χ1) is 13.0. The van der Waals surface area contributed by atoms with E-state index in [2.05, 4.69) is 15.8 Å². The van der Waals surface area contributed by atoms with Crippen molar-refractivity contribution in [1.29, 1.82) is 0 Å². The van der Waals surface area contributed by atoms with Crippen molar-refractivity contribution in [3.05, 3.63) is 64.2 Å². The minimum Gasteiger partial charge on any atom is -0.495 e. The van der Waals surface area contributed by atoms with Crippen LogP contribution in [0.15, 0.2) is 53.6 Å². The van der Waals surface area contributed by atoms with E-state index in [-0.39, 0.29) is 24.4 Å². The molecule has 0 aliphatic carbocycles. The van der Waals surface area contributed by atoms with E-state index in [0.717, 1.165) is 0 Å². The molecule has 2 aromatic rings. The van der Waals surface area contributed by atoms with Gasteiger partial charge in [0.1, 0.15) is 5.75 Å². The van der Waals surface area contributed by atoms with Gasteiger partial charge in [-0.3, -0.25) is 19.7 Å². The Balaban J connectivity index is 1.77. The molecule has 27 heavy (non-hydrogen) atoms. The maximum atomic E-state index is 11.9. The topological polar surface area (TPSA) is 123 Å². The number of para-hydroxylation sites is 2. The highest BCUT2D eigenvalue weighted by molar-refractivity contribution is 5.94. The summed E-state index contributed by atoms with van der Waals surface area (Å²) in [6.07, 6.45) is 1.30. The van der Waals surface area contributed by atoms with Gasteiger partial charge in [-0.05, 0) is 29.8 Å². The molecule has 0 heterocycles. The van der Waals surface area contributed by atoms with Gasteiger partial charge in [-0.1, -0.05) is 12.1 Å². The van der Waals surface area contributed by atoms with Crippen molar-refractivity contribution in [2.24, 2.45) is 5.10 Å². The number of nitrogens with one attached hydrogen (secondary N) is 2. The van der Waals surface area contributed by atoms with Gasteiger partial charge in [-0.2, -0.15) is 5.10 Å². The minimum atomic E-state index is -0.501. The molecule has 0 radical (unpaired) electrons. The summed E-state index contributed by atoms with van der Waals surface area (Å²) in [6.45, 7) is 0. The molecule has 0 fully saturated rings. The maximum absolute atomic E-state index is 11.9. The number of nitro groups is 1. The minimum absolute atomic E-state index is 0.0169. The monoisotopic (exact) mass is 370 g/mol. The van der Waals surface area contributed by atoms with E-state index in [1.54, 1.807) is 24.3 Å². The molecule has 0 saturated carbocycles. The van der Waals surface area contributed by atoms with Crippen LogP contribution in [0.25, 0.3) is 0 Å². The van der Waals surface area contributed by atoms with E-state index < -0.39 is 10.8 Å². The summed E-state index contributed by atoms with van der Waals surface area (Å²) in [5.74, 6) is -0.222. The fourth-order valence-electron chi connectivity index (χ4n) is 2.10. The third kappa shape index (κ3) is 6.24. The Bertz CT molecular complexity index is 849. The third-order valence-electron chi connectivity index (χ3n) is 3.47.